The highest BCUT2D eigenvalue weighted by molar-refractivity contribution is 5.83. The van der Waals surface area contributed by atoms with Gasteiger partial charge in [-0.1, -0.05) is 71.7 Å². The van der Waals surface area contributed by atoms with Crippen LogP contribution in [0.4, 0.5) is 0 Å². The molecule has 0 fully saturated rings. The maximum atomic E-state index is 12.3. The molecule has 0 amide bonds. The molecule has 1 aromatic rings. The minimum atomic E-state index is 0.176. The fourth-order valence-electron chi connectivity index (χ4n) is 2.51. The van der Waals surface area contributed by atoms with Crippen molar-refractivity contribution in [3.63, 3.8) is 0 Å². The van der Waals surface area contributed by atoms with Crippen LogP contribution in [0.25, 0.3) is 0 Å². The molecular formula is C19H30O. The highest BCUT2D eigenvalue weighted by Crippen LogP contribution is 2.23. The predicted octanol–water partition coefficient (Wildman–Crippen LogP) is 5.31. The number of hydrogen-bond donors (Lipinski definition) is 0. The molecule has 0 spiro atoms. The molecule has 0 bridgehead atoms. The Hall–Kier alpha value is -1.11. The minimum Gasteiger partial charge on any atom is -0.299 e. The second kappa shape index (κ2) is 7.61. The molecule has 0 N–H and O–H groups in total. The van der Waals surface area contributed by atoms with Crippen LogP contribution in [0.15, 0.2) is 24.3 Å². The van der Waals surface area contributed by atoms with Crippen LogP contribution in [0.3, 0.4) is 0 Å². The Balaban J connectivity index is 2.66. The summed E-state index contributed by atoms with van der Waals surface area (Å²) in [5, 5.41) is 0. The molecule has 1 unspecified atom stereocenters. The van der Waals surface area contributed by atoms with Crippen LogP contribution in [0.5, 0.6) is 0 Å². The average Bonchev–Trinajstić information content (AvgIpc) is 2.39. The number of benzene rings is 1. The molecule has 112 valence electrons. The van der Waals surface area contributed by atoms with E-state index in [1.807, 2.05) is 0 Å². The van der Waals surface area contributed by atoms with E-state index in [9.17, 15) is 4.79 Å². The van der Waals surface area contributed by atoms with Crippen LogP contribution in [0.2, 0.25) is 0 Å². The first-order chi connectivity index (χ1) is 9.38. The smallest absolute Gasteiger partial charge is 0.140 e. The van der Waals surface area contributed by atoms with Crippen molar-refractivity contribution < 1.29 is 4.79 Å². The summed E-state index contributed by atoms with van der Waals surface area (Å²) in [6.45, 7) is 10.9. The Morgan fingerprint density at radius 1 is 1.10 bits per heavy atom. The lowest BCUT2D eigenvalue weighted by Crippen LogP contribution is -2.16. The van der Waals surface area contributed by atoms with Gasteiger partial charge in [-0.3, -0.25) is 4.79 Å². The molecule has 1 atom stereocenters. The number of unbranched alkanes of at least 4 members (excludes halogenated alkanes) is 1. The largest absolute Gasteiger partial charge is 0.299 e. The first-order valence-electron chi connectivity index (χ1n) is 8.00. The maximum Gasteiger partial charge on any atom is 0.140 e. The van der Waals surface area contributed by atoms with Gasteiger partial charge in [0.1, 0.15) is 5.78 Å². The van der Waals surface area contributed by atoms with Gasteiger partial charge in [-0.15, -0.1) is 0 Å². The summed E-state index contributed by atoms with van der Waals surface area (Å²) in [4.78, 5) is 12.3. The van der Waals surface area contributed by atoms with Crippen LogP contribution in [-0.4, -0.2) is 5.78 Å². The zero-order chi connectivity index (χ0) is 15.2. The lowest BCUT2D eigenvalue weighted by Gasteiger charge is -2.19. The summed E-state index contributed by atoms with van der Waals surface area (Å²) >= 11 is 0. The van der Waals surface area contributed by atoms with Crippen LogP contribution < -0.4 is 0 Å². The molecule has 0 radical (unpaired) electrons. The molecule has 1 heteroatoms. The van der Waals surface area contributed by atoms with Gasteiger partial charge in [0.25, 0.3) is 0 Å². The molecular weight excluding hydrogens is 244 g/mol. The molecule has 0 saturated carbocycles. The van der Waals surface area contributed by atoms with E-state index >= 15 is 0 Å². The van der Waals surface area contributed by atoms with Crippen molar-refractivity contribution in [3.8, 4) is 0 Å². The standard InChI is InChI=1S/C19H30O/c1-6-8-9-16(7-2)18(20)14-15-10-12-17(13-11-15)19(3,4)5/h10-13,16H,6-9,14H2,1-5H3. The van der Waals surface area contributed by atoms with Crippen LogP contribution in [-0.2, 0) is 16.6 Å². The van der Waals surface area contributed by atoms with E-state index in [2.05, 4.69) is 58.9 Å². The Bertz CT molecular complexity index is 408. The van der Waals surface area contributed by atoms with Crippen LogP contribution in [0.1, 0.15) is 71.4 Å². The molecule has 0 aromatic heterocycles. The van der Waals surface area contributed by atoms with Crippen LogP contribution >= 0.6 is 0 Å². The first-order valence-corrected chi connectivity index (χ1v) is 8.00. The zero-order valence-corrected chi connectivity index (χ0v) is 13.8. The van der Waals surface area contributed by atoms with Crippen molar-refractivity contribution in [2.24, 2.45) is 5.92 Å². The van der Waals surface area contributed by atoms with Crippen molar-refractivity contribution in [1.82, 2.24) is 0 Å². The van der Waals surface area contributed by atoms with Gasteiger partial charge in [-0.2, -0.15) is 0 Å². The number of carbonyl (C=O) groups is 1. The summed E-state index contributed by atoms with van der Waals surface area (Å²) in [5.41, 5.74) is 2.65. The van der Waals surface area contributed by atoms with E-state index in [1.54, 1.807) is 0 Å². The molecule has 1 nitrogen and oxygen atoms in total. The summed E-state index contributed by atoms with van der Waals surface area (Å²) < 4.78 is 0. The third-order valence-corrected chi connectivity index (χ3v) is 4.05. The Labute approximate surface area is 124 Å². The monoisotopic (exact) mass is 274 g/mol. The fourth-order valence-corrected chi connectivity index (χ4v) is 2.51. The van der Waals surface area contributed by atoms with Gasteiger partial charge in [-0.05, 0) is 29.4 Å². The molecule has 0 saturated heterocycles. The lowest BCUT2D eigenvalue weighted by atomic mass is 9.85. The molecule has 0 aliphatic carbocycles. The molecule has 0 aliphatic heterocycles. The maximum absolute atomic E-state index is 12.3. The Kier molecular flexibility index (Phi) is 6.45. The van der Waals surface area contributed by atoms with Crippen molar-refractivity contribution >= 4 is 5.78 Å². The summed E-state index contributed by atoms with van der Waals surface area (Å²) in [5.74, 6) is 0.654. The number of hydrogen-bond acceptors (Lipinski definition) is 1. The normalized spacial score (nSPS) is 13.2. The number of ketones is 1. The van der Waals surface area contributed by atoms with Gasteiger partial charge in [0.15, 0.2) is 0 Å². The second-order valence-electron chi connectivity index (χ2n) is 6.84. The van der Waals surface area contributed by atoms with Gasteiger partial charge >= 0.3 is 0 Å². The van der Waals surface area contributed by atoms with E-state index in [1.165, 1.54) is 12.0 Å². The van der Waals surface area contributed by atoms with E-state index in [0.717, 1.165) is 24.8 Å². The van der Waals surface area contributed by atoms with Crippen LogP contribution in [0, 0.1) is 5.92 Å². The van der Waals surface area contributed by atoms with Crippen molar-refractivity contribution in [3.05, 3.63) is 35.4 Å². The van der Waals surface area contributed by atoms with E-state index < -0.39 is 0 Å². The van der Waals surface area contributed by atoms with Gasteiger partial charge in [0.05, 0.1) is 0 Å². The molecule has 1 aromatic carbocycles. The van der Waals surface area contributed by atoms with Crippen molar-refractivity contribution in [2.45, 2.75) is 72.1 Å². The number of Topliss-reactive ketones (excluding diaryl/α,β-unsaturated/α-hetero) is 1. The summed E-state index contributed by atoms with van der Waals surface area (Å²) in [6, 6.07) is 8.56. The Morgan fingerprint density at radius 3 is 2.15 bits per heavy atom. The molecule has 1 rings (SSSR count). The van der Waals surface area contributed by atoms with Crippen molar-refractivity contribution in [2.75, 3.05) is 0 Å². The van der Waals surface area contributed by atoms with Gasteiger partial charge in [0.2, 0.25) is 0 Å². The fraction of sp³-hybridized carbons (Fsp3) is 0.632. The van der Waals surface area contributed by atoms with Crippen molar-refractivity contribution in [1.29, 1.82) is 0 Å². The molecule has 0 heterocycles. The summed E-state index contributed by atoms with van der Waals surface area (Å²) in [7, 11) is 0. The molecule has 20 heavy (non-hydrogen) atoms. The van der Waals surface area contributed by atoms with E-state index in [4.69, 9.17) is 0 Å². The Morgan fingerprint density at radius 2 is 1.70 bits per heavy atom. The lowest BCUT2D eigenvalue weighted by molar-refractivity contribution is -0.122. The highest BCUT2D eigenvalue weighted by atomic mass is 16.1. The highest BCUT2D eigenvalue weighted by Gasteiger charge is 2.17. The predicted molar refractivity (Wildman–Crippen MR) is 87.2 cm³/mol. The van der Waals surface area contributed by atoms with E-state index in [0.29, 0.717) is 12.2 Å². The molecule has 0 aliphatic rings. The quantitative estimate of drug-likeness (QED) is 0.658. The number of rotatable bonds is 7. The zero-order valence-electron chi connectivity index (χ0n) is 13.8. The third-order valence-electron chi connectivity index (χ3n) is 4.05. The average molecular weight is 274 g/mol. The minimum absolute atomic E-state index is 0.176. The SMILES string of the molecule is CCCCC(CC)C(=O)Cc1ccc(C(C)(C)C)cc1. The first kappa shape index (κ1) is 16.9. The van der Waals surface area contributed by atoms with Gasteiger partial charge < -0.3 is 0 Å². The van der Waals surface area contributed by atoms with Gasteiger partial charge in [0, 0.05) is 12.3 Å². The van der Waals surface area contributed by atoms with E-state index in [-0.39, 0.29) is 11.3 Å². The third kappa shape index (κ3) is 5.11. The summed E-state index contributed by atoms with van der Waals surface area (Å²) in [6.07, 6.45) is 4.94. The number of carbonyl (C=O) groups excluding carboxylic acids is 1. The second-order valence-corrected chi connectivity index (χ2v) is 6.84. The van der Waals surface area contributed by atoms with Gasteiger partial charge in [-0.25, -0.2) is 0 Å². The topological polar surface area (TPSA) is 17.1 Å².